The van der Waals surface area contributed by atoms with E-state index < -0.39 is 10.0 Å². The van der Waals surface area contributed by atoms with Crippen LogP contribution >= 0.6 is 0 Å². The first-order chi connectivity index (χ1) is 7.97. The Kier molecular flexibility index (Phi) is 2.73. The number of fused-ring (bicyclic) bond motifs is 1. The Hall–Kier alpha value is -1.72. The van der Waals surface area contributed by atoms with Gasteiger partial charge >= 0.3 is 0 Å². The largest absolute Gasteiger partial charge is 0.289 e. The standard InChI is InChI=1S/C12H11NO3S/c1-8-7-11(17(15,16)13-2)9-5-3-4-6-10(9)12(8)14/h3-7,13H,1H2,2H3. The van der Waals surface area contributed by atoms with Gasteiger partial charge < -0.3 is 0 Å². The highest BCUT2D eigenvalue weighted by Gasteiger charge is 2.28. The van der Waals surface area contributed by atoms with Gasteiger partial charge in [-0.25, -0.2) is 13.1 Å². The Bertz CT molecular complexity index is 641. The molecule has 1 N–H and O–H groups in total. The molecule has 0 radical (unpaired) electrons. The summed E-state index contributed by atoms with van der Waals surface area (Å²) in [5.41, 5.74) is 0.964. The van der Waals surface area contributed by atoms with Crippen molar-refractivity contribution in [1.82, 2.24) is 4.72 Å². The van der Waals surface area contributed by atoms with Gasteiger partial charge in [0.1, 0.15) is 0 Å². The zero-order valence-corrected chi connectivity index (χ0v) is 10.0. The average Bonchev–Trinajstić information content (AvgIpc) is 2.33. The number of ketones is 1. The summed E-state index contributed by atoms with van der Waals surface area (Å²) in [6.45, 7) is 3.57. The van der Waals surface area contributed by atoms with Gasteiger partial charge in [0.15, 0.2) is 5.78 Å². The fourth-order valence-electron chi connectivity index (χ4n) is 1.70. The van der Waals surface area contributed by atoms with Crippen molar-refractivity contribution in [3.63, 3.8) is 0 Å². The Morgan fingerprint density at radius 1 is 1.18 bits per heavy atom. The lowest BCUT2D eigenvalue weighted by atomic mass is 9.93. The zero-order chi connectivity index (χ0) is 12.6. The van der Waals surface area contributed by atoms with Crippen LogP contribution in [0, 0.1) is 0 Å². The lowest BCUT2D eigenvalue weighted by Gasteiger charge is -2.17. The number of Topliss-reactive ketones (excluding diaryl/α,β-unsaturated/α-hetero) is 1. The minimum atomic E-state index is -3.59. The van der Waals surface area contributed by atoms with E-state index in [1.807, 2.05) is 0 Å². The molecule has 0 atom stereocenters. The second-order valence-corrected chi connectivity index (χ2v) is 5.47. The minimum absolute atomic E-state index is 0.0835. The van der Waals surface area contributed by atoms with Crippen LogP contribution in [0.5, 0.6) is 0 Å². The topological polar surface area (TPSA) is 63.2 Å². The molecule has 1 aliphatic carbocycles. The Morgan fingerprint density at radius 2 is 1.76 bits per heavy atom. The molecule has 0 saturated carbocycles. The van der Waals surface area contributed by atoms with E-state index in [4.69, 9.17) is 0 Å². The molecule has 0 amide bonds. The lowest BCUT2D eigenvalue weighted by molar-refractivity contribution is 0.103. The molecule has 5 heteroatoms. The monoisotopic (exact) mass is 249 g/mol. The second-order valence-electron chi connectivity index (χ2n) is 3.62. The van der Waals surface area contributed by atoms with Gasteiger partial charge in [0.25, 0.3) is 0 Å². The summed E-state index contributed by atoms with van der Waals surface area (Å²) in [6, 6.07) is 6.60. The van der Waals surface area contributed by atoms with Crippen molar-refractivity contribution in [2.75, 3.05) is 7.05 Å². The van der Waals surface area contributed by atoms with Gasteiger partial charge in [0.2, 0.25) is 10.0 Å². The van der Waals surface area contributed by atoms with Crippen molar-refractivity contribution in [2.45, 2.75) is 0 Å². The molecule has 0 bridgehead atoms. The van der Waals surface area contributed by atoms with Crippen molar-refractivity contribution in [3.8, 4) is 0 Å². The summed E-state index contributed by atoms with van der Waals surface area (Å²) in [5, 5.41) is 0. The number of sulfonamides is 1. The summed E-state index contributed by atoms with van der Waals surface area (Å²) in [7, 11) is -2.26. The number of rotatable bonds is 2. The SMILES string of the molecule is C=C1C=C(S(=O)(=O)NC)c2ccccc2C1=O. The maximum atomic E-state index is 11.8. The molecule has 0 aliphatic heterocycles. The molecular formula is C12H11NO3S. The van der Waals surface area contributed by atoms with Gasteiger partial charge in [-0.3, -0.25) is 4.79 Å². The van der Waals surface area contributed by atoms with Gasteiger partial charge in [-0.2, -0.15) is 0 Å². The van der Waals surface area contributed by atoms with Crippen LogP contribution in [0.2, 0.25) is 0 Å². The van der Waals surface area contributed by atoms with Crippen molar-refractivity contribution >= 4 is 20.7 Å². The summed E-state index contributed by atoms with van der Waals surface area (Å²) < 4.78 is 25.9. The predicted octanol–water partition coefficient (Wildman–Crippen LogP) is 1.33. The quantitative estimate of drug-likeness (QED) is 0.804. The van der Waals surface area contributed by atoms with Crippen LogP contribution in [0.4, 0.5) is 0 Å². The van der Waals surface area contributed by atoms with Gasteiger partial charge in [-0.15, -0.1) is 0 Å². The molecule has 1 aromatic carbocycles. The molecule has 1 aliphatic rings. The van der Waals surface area contributed by atoms with E-state index in [1.54, 1.807) is 24.3 Å². The van der Waals surface area contributed by atoms with Crippen LogP contribution in [0.1, 0.15) is 15.9 Å². The average molecular weight is 249 g/mol. The summed E-state index contributed by atoms with van der Waals surface area (Å²) in [4.78, 5) is 11.9. The molecule has 0 heterocycles. The molecule has 0 saturated heterocycles. The van der Waals surface area contributed by atoms with E-state index in [9.17, 15) is 13.2 Å². The molecule has 2 rings (SSSR count). The highest BCUT2D eigenvalue weighted by Crippen LogP contribution is 2.31. The Labute approximate surface area is 99.7 Å². The second kappa shape index (κ2) is 3.94. The zero-order valence-electron chi connectivity index (χ0n) is 9.23. The molecule has 1 aromatic rings. The van der Waals surface area contributed by atoms with E-state index in [0.29, 0.717) is 11.1 Å². The molecule has 0 fully saturated rings. The number of hydrogen-bond acceptors (Lipinski definition) is 3. The first kappa shape index (κ1) is 11.8. The maximum Gasteiger partial charge on any atom is 0.240 e. The van der Waals surface area contributed by atoms with Crippen LogP contribution in [-0.4, -0.2) is 21.2 Å². The number of carbonyl (C=O) groups is 1. The molecule has 0 spiro atoms. The minimum Gasteiger partial charge on any atom is -0.289 e. The first-order valence-corrected chi connectivity index (χ1v) is 6.44. The first-order valence-electron chi connectivity index (χ1n) is 4.95. The van der Waals surface area contributed by atoms with Crippen LogP contribution in [0.15, 0.2) is 42.5 Å². The molecule has 0 aromatic heterocycles. The van der Waals surface area contributed by atoms with E-state index in [-0.39, 0.29) is 16.3 Å². The third-order valence-corrected chi connectivity index (χ3v) is 4.05. The molecule has 88 valence electrons. The number of carbonyl (C=O) groups excluding carboxylic acids is 1. The molecule has 4 nitrogen and oxygen atoms in total. The van der Waals surface area contributed by atoms with Crippen molar-refractivity contribution in [1.29, 1.82) is 0 Å². The maximum absolute atomic E-state index is 11.8. The lowest BCUT2D eigenvalue weighted by Crippen LogP contribution is -2.23. The van der Waals surface area contributed by atoms with Crippen molar-refractivity contribution in [3.05, 3.63) is 53.6 Å². The Balaban J connectivity index is 2.75. The molecule has 0 unspecified atom stereocenters. The molecule has 17 heavy (non-hydrogen) atoms. The number of allylic oxidation sites excluding steroid dienone is 2. The smallest absolute Gasteiger partial charge is 0.240 e. The highest BCUT2D eigenvalue weighted by atomic mass is 32.2. The van der Waals surface area contributed by atoms with E-state index in [1.165, 1.54) is 13.1 Å². The number of nitrogens with one attached hydrogen (secondary N) is 1. The third-order valence-electron chi connectivity index (χ3n) is 2.59. The van der Waals surface area contributed by atoms with Gasteiger partial charge in [0, 0.05) is 16.7 Å². The summed E-state index contributed by atoms with van der Waals surface area (Å²) in [6.07, 6.45) is 1.30. The highest BCUT2D eigenvalue weighted by molar-refractivity contribution is 7.98. The normalized spacial score (nSPS) is 15.5. The summed E-state index contributed by atoms with van der Waals surface area (Å²) >= 11 is 0. The van der Waals surface area contributed by atoms with Gasteiger partial charge in [-0.1, -0.05) is 30.8 Å². The number of benzene rings is 1. The van der Waals surface area contributed by atoms with Crippen LogP contribution in [0.25, 0.3) is 4.91 Å². The fourth-order valence-corrected chi connectivity index (χ4v) is 2.69. The fraction of sp³-hybridized carbons (Fsp3) is 0.0833. The number of hydrogen-bond donors (Lipinski definition) is 1. The van der Waals surface area contributed by atoms with Crippen LogP contribution in [0.3, 0.4) is 0 Å². The van der Waals surface area contributed by atoms with E-state index in [2.05, 4.69) is 11.3 Å². The Morgan fingerprint density at radius 3 is 2.35 bits per heavy atom. The third kappa shape index (κ3) is 1.83. The van der Waals surface area contributed by atoms with Gasteiger partial charge in [-0.05, 0) is 13.1 Å². The summed E-state index contributed by atoms with van der Waals surface area (Å²) in [5.74, 6) is -0.240. The molecular weight excluding hydrogens is 238 g/mol. The predicted molar refractivity (Wildman–Crippen MR) is 65.9 cm³/mol. The van der Waals surface area contributed by atoms with Crippen molar-refractivity contribution in [2.24, 2.45) is 0 Å². The van der Waals surface area contributed by atoms with Gasteiger partial charge in [0.05, 0.1) is 4.91 Å². The van der Waals surface area contributed by atoms with Crippen molar-refractivity contribution < 1.29 is 13.2 Å². The van der Waals surface area contributed by atoms with Crippen LogP contribution in [-0.2, 0) is 10.0 Å². The van der Waals surface area contributed by atoms with Crippen LogP contribution < -0.4 is 4.72 Å². The van der Waals surface area contributed by atoms with E-state index >= 15 is 0 Å². The van der Waals surface area contributed by atoms with E-state index in [0.717, 1.165) is 0 Å².